The van der Waals surface area contributed by atoms with Crippen molar-refractivity contribution in [2.75, 3.05) is 0 Å². The fraction of sp³-hybridized carbons (Fsp3) is 0.167. The maximum atomic E-state index is 5.53. The summed E-state index contributed by atoms with van der Waals surface area (Å²) < 4.78 is -1.40. The fourth-order valence-corrected chi connectivity index (χ4v) is 0.866. The molecule has 0 radical (unpaired) electrons. The van der Waals surface area contributed by atoms with Gasteiger partial charge in [-0.25, -0.2) is 0 Å². The van der Waals surface area contributed by atoms with Crippen LogP contribution in [0.25, 0.3) is 0 Å². The van der Waals surface area contributed by atoms with Crippen molar-refractivity contribution in [1.82, 2.24) is 4.98 Å². The first kappa shape index (κ1) is 12.7. The maximum absolute atomic E-state index is 5.53. The van der Waals surface area contributed by atoms with Crippen molar-refractivity contribution in [3.8, 4) is 0 Å². The Kier molecular flexibility index (Phi) is 6.21. The van der Waals surface area contributed by atoms with Crippen LogP contribution in [0.15, 0.2) is 24.4 Å². The molecule has 0 aliphatic rings. The number of hydrogen-bond acceptors (Lipinski definition) is 1. The van der Waals surface area contributed by atoms with E-state index in [2.05, 4.69) is 4.98 Å². The van der Waals surface area contributed by atoms with Crippen LogP contribution in [0.3, 0.4) is 0 Å². The number of pyridine rings is 1. The zero-order valence-electron chi connectivity index (χ0n) is 4.89. The van der Waals surface area contributed by atoms with Crippen LogP contribution in [0, 0.1) is 0 Å². The summed E-state index contributed by atoms with van der Waals surface area (Å²) in [4.78, 5) is 3.85. The van der Waals surface area contributed by atoms with Crippen molar-refractivity contribution in [3.63, 3.8) is 0 Å². The van der Waals surface area contributed by atoms with Gasteiger partial charge in [-0.15, -0.1) is 0 Å². The summed E-state index contributed by atoms with van der Waals surface area (Å²) >= 11 is 16.6. The third kappa shape index (κ3) is 4.43. The normalized spacial score (nSPS) is 10.5. The first-order valence-corrected chi connectivity index (χ1v) is 3.72. The zero-order chi connectivity index (χ0) is 7.61. The Morgan fingerprint density at radius 1 is 1.18 bits per heavy atom. The van der Waals surface area contributed by atoms with E-state index in [4.69, 9.17) is 34.8 Å². The van der Waals surface area contributed by atoms with E-state index in [9.17, 15) is 0 Å². The number of halogens is 3. The summed E-state index contributed by atoms with van der Waals surface area (Å²) in [6.07, 6.45) is 1.58. The SMILES string of the molecule is ClC(Cl)(Cl)c1ccccn1.[KH]. The number of alkyl halides is 3. The fourth-order valence-electron chi connectivity index (χ4n) is 0.530. The van der Waals surface area contributed by atoms with Crippen LogP contribution in [0.4, 0.5) is 0 Å². The predicted octanol–water partition coefficient (Wildman–Crippen LogP) is 2.26. The third-order valence-electron chi connectivity index (χ3n) is 0.955. The second kappa shape index (κ2) is 5.40. The van der Waals surface area contributed by atoms with E-state index in [0.29, 0.717) is 5.69 Å². The monoisotopic (exact) mass is 235 g/mol. The molecule has 0 saturated heterocycles. The first-order valence-electron chi connectivity index (χ1n) is 2.59. The molecule has 0 amide bonds. The molecule has 0 fully saturated rings. The molecule has 1 nitrogen and oxygen atoms in total. The van der Waals surface area contributed by atoms with Gasteiger partial charge in [0.2, 0.25) is 3.79 Å². The molecule has 56 valence electrons. The van der Waals surface area contributed by atoms with E-state index in [1.807, 2.05) is 0 Å². The Bertz CT molecular complexity index is 209. The second-order valence-electron chi connectivity index (χ2n) is 1.71. The standard InChI is InChI=1S/C6H4Cl3N.K.H/c7-6(8,9)5-3-1-2-4-10-5;;/h1-4H;;. The molecular weight excluding hydrogens is 232 g/mol. The van der Waals surface area contributed by atoms with Gasteiger partial charge in [0.25, 0.3) is 0 Å². The minimum absolute atomic E-state index is 0. The van der Waals surface area contributed by atoms with Crippen molar-refractivity contribution < 1.29 is 0 Å². The van der Waals surface area contributed by atoms with Crippen LogP contribution >= 0.6 is 34.8 Å². The number of aromatic nitrogens is 1. The molecule has 0 atom stereocenters. The van der Waals surface area contributed by atoms with Gasteiger partial charge in [0, 0.05) is 6.20 Å². The summed E-state index contributed by atoms with van der Waals surface area (Å²) in [6, 6.07) is 5.19. The van der Waals surface area contributed by atoms with Crippen LogP contribution in [-0.2, 0) is 3.79 Å². The molecule has 1 aromatic heterocycles. The molecule has 0 aliphatic heterocycles. The van der Waals surface area contributed by atoms with Crippen LogP contribution in [0.2, 0.25) is 0 Å². The molecule has 5 heteroatoms. The van der Waals surface area contributed by atoms with Gasteiger partial charge >= 0.3 is 51.4 Å². The molecule has 1 rings (SSSR count). The van der Waals surface area contributed by atoms with E-state index in [1.54, 1.807) is 24.4 Å². The van der Waals surface area contributed by atoms with E-state index in [-0.39, 0.29) is 51.4 Å². The van der Waals surface area contributed by atoms with Gasteiger partial charge in [-0.05, 0) is 12.1 Å². The van der Waals surface area contributed by atoms with Crippen molar-refractivity contribution >= 4 is 86.2 Å². The molecule has 0 saturated carbocycles. The van der Waals surface area contributed by atoms with E-state index in [1.165, 1.54) is 0 Å². The van der Waals surface area contributed by atoms with E-state index >= 15 is 0 Å². The van der Waals surface area contributed by atoms with Gasteiger partial charge < -0.3 is 0 Å². The molecule has 0 spiro atoms. The van der Waals surface area contributed by atoms with Crippen LogP contribution in [-0.4, -0.2) is 56.4 Å². The van der Waals surface area contributed by atoms with Crippen molar-refractivity contribution in [2.45, 2.75) is 3.79 Å². The van der Waals surface area contributed by atoms with Gasteiger partial charge in [-0.3, -0.25) is 4.98 Å². The Balaban J connectivity index is 0.000001000. The zero-order valence-corrected chi connectivity index (χ0v) is 7.16. The van der Waals surface area contributed by atoms with Gasteiger partial charge in [-0.2, -0.15) is 0 Å². The molecule has 0 aliphatic carbocycles. The van der Waals surface area contributed by atoms with Crippen molar-refractivity contribution in [1.29, 1.82) is 0 Å². The summed E-state index contributed by atoms with van der Waals surface area (Å²) in [5.74, 6) is 0. The summed E-state index contributed by atoms with van der Waals surface area (Å²) in [5.41, 5.74) is 0.444. The first-order chi connectivity index (χ1) is 4.61. The third-order valence-corrected chi connectivity index (χ3v) is 1.54. The van der Waals surface area contributed by atoms with Crippen molar-refractivity contribution in [3.05, 3.63) is 30.1 Å². The quantitative estimate of drug-likeness (QED) is 0.497. The number of rotatable bonds is 0. The van der Waals surface area contributed by atoms with E-state index < -0.39 is 3.79 Å². The average Bonchev–Trinajstić information content (AvgIpc) is 1.88. The molecule has 0 unspecified atom stereocenters. The van der Waals surface area contributed by atoms with Crippen LogP contribution in [0.5, 0.6) is 0 Å². The Morgan fingerprint density at radius 2 is 1.82 bits per heavy atom. The van der Waals surface area contributed by atoms with Crippen LogP contribution < -0.4 is 0 Å². The van der Waals surface area contributed by atoms with Gasteiger partial charge in [0.05, 0.1) is 5.69 Å². The van der Waals surface area contributed by atoms with Crippen molar-refractivity contribution in [2.24, 2.45) is 0 Å². The predicted molar refractivity (Wildman–Crippen MR) is 50.6 cm³/mol. The Labute approximate surface area is 123 Å². The number of hydrogen-bond donors (Lipinski definition) is 0. The molecule has 1 aromatic rings. The summed E-state index contributed by atoms with van der Waals surface area (Å²) in [6.45, 7) is 0. The molecule has 0 aromatic carbocycles. The molecule has 0 N–H and O–H groups in total. The average molecular weight is 237 g/mol. The van der Waals surface area contributed by atoms with Gasteiger partial charge in [-0.1, -0.05) is 40.9 Å². The Hall–Kier alpha value is 1.66. The van der Waals surface area contributed by atoms with E-state index in [0.717, 1.165) is 0 Å². The van der Waals surface area contributed by atoms with Gasteiger partial charge in [0.15, 0.2) is 0 Å². The summed E-state index contributed by atoms with van der Waals surface area (Å²) in [7, 11) is 0. The van der Waals surface area contributed by atoms with Crippen LogP contribution in [0.1, 0.15) is 5.69 Å². The topological polar surface area (TPSA) is 12.9 Å². The molecule has 1 heterocycles. The number of nitrogens with zero attached hydrogens (tertiary/aromatic N) is 1. The minimum atomic E-state index is -1.40. The molecular formula is C6H5Cl3KN. The van der Waals surface area contributed by atoms with Gasteiger partial charge in [0.1, 0.15) is 0 Å². The second-order valence-corrected chi connectivity index (χ2v) is 3.99. The summed E-state index contributed by atoms with van der Waals surface area (Å²) in [5, 5.41) is 0. The Morgan fingerprint density at radius 3 is 2.09 bits per heavy atom. The molecule has 0 bridgehead atoms. The molecule has 11 heavy (non-hydrogen) atoms.